The number of ether oxygens (including phenoxy) is 3. The van der Waals surface area contributed by atoms with E-state index in [1.807, 2.05) is 0 Å². The van der Waals surface area contributed by atoms with Gasteiger partial charge in [0.25, 0.3) is 0 Å². The zero-order chi connectivity index (χ0) is 25.9. The summed E-state index contributed by atoms with van der Waals surface area (Å²) >= 11 is 0. The molecular formula is C27H32N6O3. The molecule has 0 saturated carbocycles. The Kier molecular flexibility index (Phi) is 9.27. The number of nitrogens with two attached hydrogens (primary N) is 3. The van der Waals surface area contributed by atoms with E-state index in [1.165, 1.54) is 0 Å². The molecule has 0 aliphatic rings. The second-order valence-electron chi connectivity index (χ2n) is 8.18. The van der Waals surface area contributed by atoms with Crippen LogP contribution in [0, 0.1) is 16.2 Å². The fourth-order valence-electron chi connectivity index (χ4n) is 3.44. The summed E-state index contributed by atoms with van der Waals surface area (Å²) in [4.78, 5) is 0. The topological polar surface area (TPSA) is 177 Å². The number of nitrogens with one attached hydrogen (secondary N) is 3. The molecule has 0 heterocycles. The normalized spacial score (nSPS) is 11.3. The maximum Gasteiger partial charge on any atom is 0.122 e. The maximum atomic E-state index is 7.54. The summed E-state index contributed by atoms with van der Waals surface area (Å²) in [5.74, 6) is 2.15. The molecule has 1 unspecified atom stereocenters. The fraction of sp³-hybridized carbons (Fsp3) is 0.222. The number of nitrogen functional groups attached to an aromatic ring is 3. The van der Waals surface area contributed by atoms with E-state index in [1.54, 1.807) is 72.8 Å². The molecule has 0 radical (unpaired) electrons. The predicted octanol–water partition coefficient (Wildman–Crippen LogP) is 3.61. The smallest absolute Gasteiger partial charge is 0.122 e. The van der Waals surface area contributed by atoms with Crippen molar-refractivity contribution in [3.63, 3.8) is 0 Å². The average molecular weight is 489 g/mol. The molecular weight excluding hydrogens is 456 g/mol. The Morgan fingerprint density at radius 1 is 0.556 bits per heavy atom. The standard InChI is InChI=1S/C27H32N6O3/c28-25(29)18-3-9-21(10-4-18)34-16-1-2-23(36-24-13-7-20(8-14-24)27(32)33)15-17-35-22-11-5-19(6-12-22)26(30)31/h3-14,23H,1-2,15-17H2,(H3,28,29)(H3,30,31)(H3,32,33). The minimum Gasteiger partial charge on any atom is -0.494 e. The molecule has 0 aromatic heterocycles. The monoisotopic (exact) mass is 488 g/mol. The molecule has 188 valence electrons. The molecule has 0 aliphatic heterocycles. The summed E-state index contributed by atoms with van der Waals surface area (Å²) in [6.45, 7) is 0.957. The van der Waals surface area contributed by atoms with E-state index in [4.69, 9.17) is 47.6 Å². The van der Waals surface area contributed by atoms with Crippen LogP contribution in [0.5, 0.6) is 17.2 Å². The second kappa shape index (κ2) is 12.8. The van der Waals surface area contributed by atoms with Crippen LogP contribution in [-0.2, 0) is 0 Å². The molecule has 0 amide bonds. The molecule has 0 spiro atoms. The van der Waals surface area contributed by atoms with Crippen molar-refractivity contribution in [3.8, 4) is 17.2 Å². The molecule has 9 N–H and O–H groups in total. The first-order valence-corrected chi connectivity index (χ1v) is 11.6. The average Bonchev–Trinajstić information content (AvgIpc) is 2.87. The Balaban J connectivity index is 1.54. The Morgan fingerprint density at radius 3 is 1.36 bits per heavy atom. The Morgan fingerprint density at radius 2 is 0.944 bits per heavy atom. The predicted molar refractivity (Wildman–Crippen MR) is 142 cm³/mol. The summed E-state index contributed by atoms with van der Waals surface area (Å²) in [5.41, 5.74) is 18.5. The van der Waals surface area contributed by atoms with Crippen LogP contribution in [0.25, 0.3) is 0 Å². The van der Waals surface area contributed by atoms with E-state index in [2.05, 4.69) is 0 Å². The molecule has 0 saturated heterocycles. The number of amidine groups is 3. The van der Waals surface area contributed by atoms with Gasteiger partial charge in [-0.1, -0.05) is 0 Å². The quantitative estimate of drug-likeness (QED) is 0.115. The minimum atomic E-state index is -0.117. The number of hydrogen-bond acceptors (Lipinski definition) is 6. The largest absolute Gasteiger partial charge is 0.494 e. The van der Waals surface area contributed by atoms with Gasteiger partial charge in [-0.2, -0.15) is 0 Å². The van der Waals surface area contributed by atoms with E-state index in [-0.39, 0.29) is 23.6 Å². The van der Waals surface area contributed by atoms with Crippen LogP contribution < -0.4 is 31.4 Å². The van der Waals surface area contributed by atoms with Crippen LogP contribution in [0.15, 0.2) is 72.8 Å². The molecule has 9 nitrogen and oxygen atoms in total. The third-order valence-corrected chi connectivity index (χ3v) is 5.45. The van der Waals surface area contributed by atoms with Crippen molar-refractivity contribution in [1.29, 1.82) is 16.2 Å². The molecule has 0 bridgehead atoms. The highest BCUT2D eigenvalue weighted by Gasteiger charge is 2.12. The number of rotatable bonds is 14. The van der Waals surface area contributed by atoms with Gasteiger partial charge in [0.1, 0.15) is 40.9 Å². The lowest BCUT2D eigenvalue weighted by Crippen LogP contribution is -2.21. The molecule has 3 aromatic carbocycles. The van der Waals surface area contributed by atoms with Crippen molar-refractivity contribution in [1.82, 2.24) is 0 Å². The molecule has 0 fully saturated rings. The lowest BCUT2D eigenvalue weighted by Gasteiger charge is -2.20. The van der Waals surface area contributed by atoms with Gasteiger partial charge in [-0.15, -0.1) is 0 Å². The molecule has 1 atom stereocenters. The van der Waals surface area contributed by atoms with Crippen molar-refractivity contribution in [2.75, 3.05) is 13.2 Å². The van der Waals surface area contributed by atoms with Crippen molar-refractivity contribution in [3.05, 3.63) is 89.5 Å². The van der Waals surface area contributed by atoms with E-state index in [0.29, 0.717) is 47.8 Å². The van der Waals surface area contributed by atoms with Crippen LogP contribution >= 0.6 is 0 Å². The van der Waals surface area contributed by atoms with Gasteiger partial charge >= 0.3 is 0 Å². The third-order valence-electron chi connectivity index (χ3n) is 5.45. The number of hydrogen-bond donors (Lipinski definition) is 6. The second-order valence-corrected chi connectivity index (χ2v) is 8.18. The molecule has 0 aliphatic carbocycles. The maximum absolute atomic E-state index is 7.54. The first-order valence-electron chi connectivity index (χ1n) is 11.6. The summed E-state index contributed by atoms with van der Waals surface area (Å²) in [7, 11) is 0. The summed E-state index contributed by atoms with van der Waals surface area (Å²) in [6, 6.07) is 21.3. The zero-order valence-electron chi connectivity index (χ0n) is 20.0. The van der Waals surface area contributed by atoms with Gasteiger partial charge in [-0.3, -0.25) is 16.2 Å². The van der Waals surface area contributed by atoms with Crippen molar-refractivity contribution in [2.45, 2.75) is 25.4 Å². The van der Waals surface area contributed by atoms with Gasteiger partial charge in [0.05, 0.1) is 13.2 Å². The first kappa shape index (κ1) is 26.1. The molecule has 3 rings (SSSR count). The van der Waals surface area contributed by atoms with Crippen molar-refractivity contribution < 1.29 is 14.2 Å². The summed E-state index contributed by atoms with van der Waals surface area (Å²) in [6.07, 6.45) is 2.04. The Hall–Kier alpha value is -4.53. The zero-order valence-corrected chi connectivity index (χ0v) is 20.0. The highest BCUT2D eigenvalue weighted by atomic mass is 16.5. The lowest BCUT2D eigenvalue weighted by molar-refractivity contribution is 0.144. The first-order chi connectivity index (χ1) is 17.3. The van der Waals surface area contributed by atoms with Crippen molar-refractivity contribution in [2.24, 2.45) is 17.2 Å². The summed E-state index contributed by atoms with van der Waals surface area (Å²) in [5, 5.41) is 22.5. The highest BCUT2D eigenvalue weighted by molar-refractivity contribution is 5.95. The van der Waals surface area contributed by atoms with Crippen LogP contribution in [0.4, 0.5) is 0 Å². The van der Waals surface area contributed by atoms with Gasteiger partial charge in [-0.25, -0.2) is 0 Å². The SMILES string of the molecule is N=C(N)c1ccc(OCCCC(CCOc2ccc(C(=N)N)cc2)Oc2ccc(C(=N)N)cc2)cc1. The van der Waals surface area contributed by atoms with Gasteiger partial charge in [0.15, 0.2) is 0 Å². The van der Waals surface area contributed by atoms with Crippen molar-refractivity contribution >= 4 is 17.5 Å². The van der Waals surface area contributed by atoms with Gasteiger partial charge < -0.3 is 31.4 Å². The summed E-state index contributed by atoms with van der Waals surface area (Å²) < 4.78 is 17.9. The van der Waals surface area contributed by atoms with Crippen LogP contribution in [0.3, 0.4) is 0 Å². The van der Waals surface area contributed by atoms with Crippen LogP contribution in [-0.4, -0.2) is 36.8 Å². The van der Waals surface area contributed by atoms with E-state index in [9.17, 15) is 0 Å². The van der Waals surface area contributed by atoms with E-state index >= 15 is 0 Å². The van der Waals surface area contributed by atoms with Gasteiger partial charge in [0, 0.05) is 23.1 Å². The highest BCUT2D eigenvalue weighted by Crippen LogP contribution is 2.19. The van der Waals surface area contributed by atoms with Gasteiger partial charge in [-0.05, 0) is 85.6 Å². The van der Waals surface area contributed by atoms with Gasteiger partial charge in [0.2, 0.25) is 0 Å². The fourth-order valence-corrected chi connectivity index (χ4v) is 3.44. The Bertz CT molecular complexity index is 1160. The molecule has 9 heteroatoms. The van der Waals surface area contributed by atoms with E-state index < -0.39 is 0 Å². The molecule has 36 heavy (non-hydrogen) atoms. The molecule has 3 aromatic rings. The minimum absolute atomic E-state index is 0.00998. The lowest BCUT2D eigenvalue weighted by atomic mass is 10.1. The van der Waals surface area contributed by atoms with Crippen LogP contribution in [0.2, 0.25) is 0 Å². The third kappa shape index (κ3) is 8.05. The van der Waals surface area contributed by atoms with Crippen LogP contribution in [0.1, 0.15) is 36.0 Å². The van der Waals surface area contributed by atoms with E-state index in [0.717, 1.165) is 18.6 Å². The number of benzene rings is 3. The Labute approximate surface area is 210 Å².